The number of hydrogen-bond donors (Lipinski definition) is 2. The molecule has 0 spiro atoms. The first-order valence-electron chi connectivity index (χ1n) is 4.37. The Hall–Kier alpha value is -1.78. The number of hydrogen-bond acceptors (Lipinski definition) is 4. The van der Waals surface area contributed by atoms with Gasteiger partial charge in [0.05, 0.1) is 4.92 Å². The molecule has 0 amide bonds. The van der Waals surface area contributed by atoms with Gasteiger partial charge >= 0.3 is 5.69 Å². The zero-order chi connectivity index (χ0) is 10.6. The van der Waals surface area contributed by atoms with Gasteiger partial charge in [-0.2, -0.15) is 0 Å². The van der Waals surface area contributed by atoms with E-state index in [9.17, 15) is 15.2 Å². The second-order valence-corrected chi connectivity index (χ2v) is 2.86. The average molecular weight is 196 g/mol. The first kappa shape index (κ1) is 10.3. The molecule has 14 heavy (non-hydrogen) atoms. The minimum Gasteiger partial charge on any atom is -0.502 e. The fourth-order valence-corrected chi connectivity index (χ4v) is 1.13. The average Bonchev–Trinajstić information content (AvgIpc) is 2.14. The standard InChI is InChI=1S/C9H12N2O3/c1-2-6-10-7-4-3-5-8(12)9(7)11(13)14/h3-5,10,12H,2,6H2,1H3. The Morgan fingerprint density at radius 2 is 2.29 bits per heavy atom. The zero-order valence-corrected chi connectivity index (χ0v) is 7.86. The van der Waals surface area contributed by atoms with Gasteiger partial charge in [0, 0.05) is 6.54 Å². The molecular weight excluding hydrogens is 184 g/mol. The highest BCUT2D eigenvalue weighted by Crippen LogP contribution is 2.33. The Bertz CT molecular complexity index is 339. The Labute approximate surface area is 81.5 Å². The van der Waals surface area contributed by atoms with Crippen LogP contribution >= 0.6 is 0 Å². The van der Waals surface area contributed by atoms with E-state index in [4.69, 9.17) is 0 Å². The maximum atomic E-state index is 10.6. The first-order valence-corrected chi connectivity index (χ1v) is 4.37. The smallest absolute Gasteiger partial charge is 0.333 e. The maximum absolute atomic E-state index is 10.6. The molecule has 0 unspecified atom stereocenters. The van der Waals surface area contributed by atoms with E-state index in [1.807, 2.05) is 6.92 Å². The summed E-state index contributed by atoms with van der Waals surface area (Å²) in [5.74, 6) is -0.309. The van der Waals surface area contributed by atoms with Crippen molar-refractivity contribution in [2.75, 3.05) is 11.9 Å². The Balaban J connectivity index is 3.02. The lowest BCUT2D eigenvalue weighted by molar-refractivity contribution is -0.384. The van der Waals surface area contributed by atoms with Crippen LogP contribution in [0.2, 0.25) is 0 Å². The van der Waals surface area contributed by atoms with Crippen LogP contribution in [0.1, 0.15) is 13.3 Å². The van der Waals surface area contributed by atoms with Crippen LogP contribution in [-0.4, -0.2) is 16.6 Å². The number of rotatable bonds is 4. The van der Waals surface area contributed by atoms with Crippen molar-refractivity contribution in [2.45, 2.75) is 13.3 Å². The van der Waals surface area contributed by atoms with Crippen molar-refractivity contribution in [1.29, 1.82) is 0 Å². The van der Waals surface area contributed by atoms with E-state index in [1.165, 1.54) is 6.07 Å². The lowest BCUT2D eigenvalue weighted by Gasteiger charge is -2.05. The molecule has 0 radical (unpaired) electrons. The molecule has 1 rings (SSSR count). The molecule has 0 bridgehead atoms. The number of anilines is 1. The molecule has 2 N–H and O–H groups in total. The van der Waals surface area contributed by atoms with Gasteiger partial charge in [0.25, 0.3) is 0 Å². The van der Waals surface area contributed by atoms with Gasteiger partial charge < -0.3 is 10.4 Å². The highest BCUT2D eigenvalue weighted by atomic mass is 16.6. The van der Waals surface area contributed by atoms with Crippen molar-refractivity contribution >= 4 is 11.4 Å². The number of aromatic hydroxyl groups is 1. The summed E-state index contributed by atoms with van der Waals surface area (Å²) < 4.78 is 0. The van der Waals surface area contributed by atoms with Gasteiger partial charge in [-0.1, -0.05) is 13.0 Å². The number of phenols is 1. The molecule has 0 saturated heterocycles. The van der Waals surface area contributed by atoms with Crippen LogP contribution in [0.3, 0.4) is 0 Å². The summed E-state index contributed by atoms with van der Waals surface area (Å²) in [6, 6.07) is 4.45. The predicted octanol–water partition coefficient (Wildman–Crippen LogP) is 2.12. The van der Waals surface area contributed by atoms with E-state index < -0.39 is 4.92 Å². The summed E-state index contributed by atoms with van der Waals surface area (Å²) in [6.45, 7) is 2.60. The van der Waals surface area contributed by atoms with Gasteiger partial charge in [-0.05, 0) is 18.6 Å². The van der Waals surface area contributed by atoms with Gasteiger partial charge in [-0.25, -0.2) is 0 Å². The molecule has 5 nitrogen and oxygen atoms in total. The lowest BCUT2D eigenvalue weighted by Crippen LogP contribution is -2.03. The van der Waals surface area contributed by atoms with Crippen LogP contribution in [0.5, 0.6) is 5.75 Å². The molecule has 0 aliphatic heterocycles. The minimum absolute atomic E-state index is 0.263. The molecule has 76 valence electrons. The minimum atomic E-state index is -0.590. The van der Waals surface area contributed by atoms with Gasteiger partial charge in [-0.3, -0.25) is 10.1 Å². The number of nitrogens with one attached hydrogen (secondary N) is 1. The van der Waals surface area contributed by atoms with Crippen molar-refractivity contribution in [3.8, 4) is 5.75 Å². The van der Waals surface area contributed by atoms with Crippen LogP contribution in [0.15, 0.2) is 18.2 Å². The van der Waals surface area contributed by atoms with Crippen LogP contribution < -0.4 is 5.32 Å². The first-order chi connectivity index (χ1) is 6.66. The summed E-state index contributed by atoms with van der Waals surface area (Å²) in [7, 11) is 0. The summed E-state index contributed by atoms with van der Waals surface area (Å²) in [5.41, 5.74) is 0.0952. The normalized spacial score (nSPS) is 9.79. The van der Waals surface area contributed by atoms with Crippen molar-refractivity contribution in [3.63, 3.8) is 0 Å². The Morgan fingerprint density at radius 3 is 2.86 bits per heavy atom. The maximum Gasteiger partial charge on any atom is 0.333 e. The summed E-state index contributed by atoms with van der Waals surface area (Å²) in [6.07, 6.45) is 0.868. The largest absolute Gasteiger partial charge is 0.502 e. The Morgan fingerprint density at radius 1 is 1.57 bits per heavy atom. The third kappa shape index (κ3) is 2.12. The fourth-order valence-electron chi connectivity index (χ4n) is 1.13. The van der Waals surface area contributed by atoms with E-state index in [-0.39, 0.29) is 11.4 Å². The highest BCUT2D eigenvalue weighted by Gasteiger charge is 2.18. The fraction of sp³-hybridized carbons (Fsp3) is 0.333. The van der Waals surface area contributed by atoms with Crippen molar-refractivity contribution in [1.82, 2.24) is 0 Å². The third-order valence-corrected chi connectivity index (χ3v) is 1.76. The van der Waals surface area contributed by atoms with Gasteiger partial charge in [0.1, 0.15) is 5.69 Å². The number of nitrogens with zero attached hydrogens (tertiary/aromatic N) is 1. The van der Waals surface area contributed by atoms with Crippen LogP contribution in [0.25, 0.3) is 0 Å². The zero-order valence-electron chi connectivity index (χ0n) is 7.86. The van der Waals surface area contributed by atoms with E-state index in [0.29, 0.717) is 12.2 Å². The number of para-hydroxylation sites is 1. The van der Waals surface area contributed by atoms with Crippen LogP contribution in [0.4, 0.5) is 11.4 Å². The molecule has 0 aliphatic rings. The number of benzene rings is 1. The second-order valence-electron chi connectivity index (χ2n) is 2.86. The summed E-state index contributed by atoms with van der Waals surface area (Å²) in [4.78, 5) is 10.0. The van der Waals surface area contributed by atoms with E-state index in [2.05, 4.69) is 5.32 Å². The van der Waals surface area contributed by atoms with Crippen molar-refractivity contribution < 1.29 is 10.0 Å². The molecule has 1 aromatic rings. The molecule has 0 heterocycles. The molecular formula is C9H12N2O3. The molecule has 0 aromatic heterocycles. The van der Waals surface area contributed by atoms with Gasteiger partial charge in [-0.15, -0.1) is 0 Å². The SMILES string of the molecule is CCCNc1cccc(O)c1[N+](=O)[O-]. The number of nitro groups is 1. The van der Waals surface area contributed by atoms with Crippen LogP contribution in [0, 0.1) is 10.1 Å². The molecule has 0 fully saturated rings. The molecule has 1 aromatic carbocycles. The number of nitro benzene ring substituents is 1. The molecule has 0 atom stereocenters. The number of phenolic OH excluding ortho intramolecular Hbond substituents is 1. The quantitative estimate of drug-likeness (QED) is 0.571. The van der Waals surface area contributed by atoms with Crippen molar-refractivity contribution in [3.05, 3.63) is 28.3 Å². The summed E-state index contributed by atoms with van der Waals surface area (Å²) in [5, 5.41) is 22.8. The van der Waals surface area contributed by atoms with Crippen LogP contribution in [-0.2, 0) is 0 Å². The molecule has 0 aliphatic carbocycles. The molecule has 5 heteroatoms. The second kappa shape index (κ2) is 4.45. The summed E-state index contributed by atoms with van der Waals surface area (Å²) >= 11 is 0. The van der Waals surface area contributed by atoms with Gasteiger partial charge in [0.15, 0.2) is 5.75 Å². The topological polar surface area (TPSA) is 75.4 Å². The van der Waals surface area contributed by atoms with Gasteiger partial charge in [0.2, 0.25) is 0 Å². The highest BCUT2D eigenvalue weighted by molar-refractivity contribution is 5.67. The van der Waals surface area contributed by atoms with E-state index in [0.717, 1.165) is 6.42 Å². The third-order valence-electron chi connectivity index (χ3n) is 1.76. The molecule has 0 saturated carbocycles. The Kier molecular flexibility index (Phi) is 3.28. The van der Waals surface area contributed by atoms with Crippen molar-refractivity contribution in [2.24, 2.45) is 0 Å². The predicted molar refractivity (Wildman–Crippen MR) is 53.5 cm³/mol. The van der Waals surface area contributed by atoms with E-state index >= 15 is 0 Å². The van der Waals surface area contributed by atoms with E-state index in [1.54, 1.807) is 12.1 Å². The lowest BCUT2D eigenvalue weighted by atomic mass is 10.2. The monoisotopic (exact) mass is 196 g/mol.